The van der Waals surface area contributed by atoms with Crippen LogP contribution >= 0.6 is 50.5 Å². The van der Waals surface area contributed by atoms with Crippen LogP contribution in [0.4, 0.5) is 5.69 Å². The average Bonchev–Trinajstić information content (AvgIpc) is 2.76. The molecule has 3 N–H and O–H groups in total. The summed E-state index contributed by atoms with van der Waals surface area (Å²) in [5, 5.41) is 0.635. The predicted octanol–water partition coefficient (Wildman–Crippen LogP) is 4.08. The van der Waals surface area contributed by atoms with E-state index in [1.165, 1.54) is 35.6 Å². The van der Waals surface area contributed by atoms with E-state index in [1.54, 1.807) is 0 Å². The summed E-state index contributed by atoms with van der Waals surface area (Å²) < 4.78 is 27.5. The van der Waals surface area contributed by atoms with Gasteiger partial charge in [-0.25, -0.2) is 8.42 Å². The van der Waals surface area contributed by atoms with E-state index in [0.717, 1.165) is 4.88 Å². The maximum atomic E-state index is 12.3. The zero-order valence-corrected chi connectivity index (χ0v) is 14.6. The van der Waals surface area contributed by atoms with Crippen LogP contribution in [0, 0.1) is 0 Å². The SMILES string of the molecule is NCc1cc(S(=O)(=O)Nc2ccc(Cl)c(Cl)c2)c(Br)s1. The lowest BCUT2D eigenvalue weighted by molar-refractivity contribution is 0.601. The lowest BCUT2D eigenvalue weighted by Gasteiger charge is -2.08. The minimum Gasteiger partial charge on any atom is -0.326 e. The molecule has 9 heteroatoms. The van der Waals surface area contributed by atoms with Gasteiger partial charge in [-0.2, -0.15) is 0 Å². The number of benzene rings is 1. The van der Waals surface area contributed by atoms with Gasteiger partial charge in [0.2, 0.25) is 0 Å². The Morgan fingerprint density at radius 3 is 2.50 bits per heavy atom. The summed E-state index contributed by atoms with van der Waals surface area (Å²) >= 11 is 16.2. The lowest BCUT2D eigenvalue weighted by Crippen LogP contribution is -2.12. The minimum absolute atomic E-state index is 0.147. The molecule has 0 spiro atoms. The van der Waals surface area contributed by atoms with Gasteiger partial charge in [-0.3, -0.25) is 4.72 Å². The van der Waals surface area contributed by atoms with Gasteiger partial charge in [0.1, 0.15) is 4.90 Å². The Hall–Kier alpha value is -0.310. The van der Waals surface area contributed by atoms with Crippen LogP contribution in [0.15, 0.2) is 32.9 Å². The highest BCUT2D eigenvalue weighted by Crippen LogP contribution is 2.33. The maximum absolute atomic E-state index is 12.3. The molecule has 108 valence electrons. The van der Waals surface area contributed by atoms with E-state index >= 15 is 0 Å². The number of halogens is 3. The fourth-order valence-corrected chi connectivity index (χ4v) is 5.36. The van der Waals surface area contributed by atoms with Gasteiger partial charge in [0.15, 0.2) is 0 Å². The van der Waals surface area contributed by atoms with E-state index in [2.05, 4.69) is 20.7 Å². The van der Waals surface area contributed by atoms with Crippen molar-refractivity contribution in [2.75, 3.05) is 4.72 Å². The van der Waals surface area contributed by atoms with E-state index in [4.69, 9.17) is 28.9 Å². The van der Waals surface area contributed by atoms with Crippen molar-refractivity contribution in [2.45, 2.75) is 11.4 Å². The van der Waals surface area contributed by atoms with Crippen LogP contribution in [-0.2, 0) is 16.6 Å². The second kappa shape index (κ2) is 6.21. The van der Waals surface area contributed by atoms with Crippen molar-refractivity contribution in [1.82, 2.24) is 0 Å². The van der Waals surface area contributed by atoms with Gasteiger partial charge in [-0.1, -0.05) is 23.2 Å². The largest absolute Gasteiger partial charge is 0.326 e. The molecule has 0 saturated heterocycles. The van der Waals surface area contributed by atoms with Gasteiger partial charge in [-0.05, 0) is 40.2 Å². The molecule has 20 heavy (non-hydrogen) atoms. The molecule has 1 heterocycles. The Labute approximate surface area is 139 Å². The quantitative estimate of drug-likeness (QED) is 0.790. The van der Waals surface area contributed by atoms with Crippen LogP contribution in [0.25, 0.3) is 0 Å². The van der Waals surface area contributed by atoms with E-state index in [0.29, 0.717) is 14.5 Å². The van der Waals surface area contributed by atoms with Gasteiger partial charge >= 0.3 is 0 Å². The normalized spacial score (nSPS) is 11.6. The first-order valence-corrected chi connectivity index (χ1v) is 9.14. The molecule has 0 fully saturated rings. The van der Waals surface area contributed by atoms with Crippen molar-refractivity contribution in [3.63, 3.8) is 0 Å². The van der Waals surface area contributed by atoms with Crippen molar-refractivity contribution in [3.05, 3.63) is 43.0 Å². The Morgan fingerprint density at radius 2 is 1.95 bits per heavy atom. The summed E-state index contributed by atoms with van der Waals surface area (Å²) in [6.07, 6.45) is 0. The number of nitrogens with two attached hydrogens (primary N) is 1. The third-order valence-corrected chi connectivity index (χ3v) is 6.76. The number of sulfonamides is 1. The first kappa shape index (κ1) is 16.1. The smallest absolute Gasteiger partial charge is 0.263 e. The third-order valence-electron chi connectivity index (χ3n) is 2.37. The molecule has 4 nitrogen and oxygen atoms in total. The standard InChI is InChI=1S/C11H9BrCl2N2O2S2/c12-11-10(4-7(5-15)19-11)20(17,18)16-6-1-2-8(13)9(14)3-6/h1-4,16H,5,15H2. The fraction of sp³-hybridized carbons (Fsp3) is 0.0909. The monoisotopic (exact) mass is 414 g/mol. The van der Waals surface area contributed by atoms with Crippen LogP contribution in [0.1, 0.15) is 4.88 Å². The molecule has 1 aromatic carbocycles. The van der Waals surface area contributed by atoms with Crippen LogP contribution < -0.4 is 10.5 Å². The summed E-state index contributed by atoms with van der Waals surface area (Å²) in [4.78, 5) is 0.917. The van der Waals surface area contributed by atoms with E-state index in [1.807, 2.05) is 0 Å². The third kappa shape index (κ3) is 3.47. The molecular formula is C11H9BrCl2N2O2S2. The van der Waals surface area contributed by atoms with Gasteiger partial charge in [0, 0.05) is 11.4 Å². The number of anilines is 1. The van der Waals surface area contributed by atoms with Crippen molar-refractivity contribution < 1.29 is 8.42 Å². The highest BCUT2D eigenvalue weighted by atomic mass is 79.9. The summed E-state index contributed by atoms with van der Waals surface area (Å²) in [6.45, 7) is 0.283. The highest BCUT2D eigenvalue weighted by molar-refractivity contribution is 9.11. The van der Waals surface area contributed by atoms with Crippen LogP contribution in [0.2, 0.25) is 10.0 Å². The summed E-state index contributed by atoms with van der Waals surface area (Å²) in [5.41, 5.74) is 5.85. The molecule has 0 aliphatic carbocycles. The number of nitrogens with one attached hydrogen (secondary N) is 1. The molecule has 2 rings (SSSR count). The Morgan fingerprint density at radius 1 is 1.25 bits per heavy atom. The Kier molecular flexibility index (Phi) is 4.99. The average molecular weight is 416 g/mol. The van der Waals surface area contributed by atoms with Crippen molar-refractivity contribution in [3.8, 4) is 0 Å². The number of hydrogen-bond donors (Lipinski definition) is 2. The van der Waals surface area contributed by atoms with Gasteiger partial charge < -0.3 is 5.73 Å². The lowest BCUT2D eigenvalue weighted by atomic mass is 10.3. The second-order valence-electron chi connectivity index (χ2n) is 3.79. The second-order valence-corrected chi connectivity index (χ2v) is 8.71. The molecule has 0 saturated carbocycles. The predicted molar refractivity (Wildman–Crippen MR) is 87.2 cm³/mol. The van der Waals surface area contributed by atoms with Crippen molar-refractivity contribution >= 4 is 66.2 Å². The fourth-order valence-electron chi connectivity index (χ4n) is 1.45. The van der Waals surface area contributed by atoms with E-state index in [-0.39, 0.29) is 16.5 Å². The van der Waals surface area contributed by atoms with Gasteiger partial charge in [0.05, 0.1) is 19.5 Å². The number of hydrogen-bond acceptors (Lipinski definition) is 4. The first-order valence-electron chi connectivity index (χ1n) is 5.29. The first-order chi connectivity index (χ1) is 9.33. The topological polar surface area (TPSA) is 72.2 Å². The molecule has 0 bridgehead atoms. The Balaban J connectivity index is 2.35. The maximum Gasteiger partial charge on any atom is 0.263 e. The van der Waals surface area contributed by atoms with Crippen molar-refractivity contribution in [2.24, 2.45) is 5.73 Å². The van der Waals surface area contributed by atoms with E-state index in [9.17, 15) is 8.42 Å². The van der Waals surface area contributed by atoms with Crippen LogP contribution in [0.3, 0.4) is 0 Å². The summed E-state index contributed by atoms with van der Waals surface area (Å²) in [7, 11) is -3.71. The summed E-state index contributed by atoms with van der Waals surface area (Å²) in [5.74, 6) is 0. The van der Waals surface area contributed by atoms with Gasteiger partial charge in [-0.15, -0.1) is 11.3 Å². The molecule has 0 radical (unpaired) electrons. The van der Waals surface area contributed by atoms with E-state index < -0.39 is 10.0 Å². The zero-order chi connectivity index (χ0) is 14.9. The summed E-state index contributed by atoms with van der Waals surface area (Å²) in [6, 6.07) is 6.05. The molecule has 0 aliphatic heterocycles. The number of thiophene rings is 1. The number of rotatable bonds is 4. The molecule has 1 aromatic heterocycles. The molecule has 0 amide bonds. The van der Waals surface area contributed by atoms with Gasteiger partial charge in [0.25, 0.3) is 10.0 Å². The van der Waals surface area contributed by atoms with Crippen LogP contribution in [-0.4, -0.2) is 8.42 Å². The minimum atomic E-state index is -3.71. The molecule has 2 aromatic rings. The Bertz CT molecular complexity index is 747. The highest BCUT2D eigenvalue weighted by Gasteiger charge is 2.21. The van der Waals surface area contributed by atoms with Crippen LogP contribution in [0.5, 0.6) is 0 Å². The van der Waals surface area contributed by atoms with Crippen molar-refractivity contribution in [1.29, 1.82) is 0 Å². The molecule has 0 atom stereocenters. The molecular weight excluding hydrogens is 407 g/mol. The molecule has 0 unspecified atom stereocenters. The molecule has 0 aliphatic rings. The zero-order valence-electron chi connectivity index (χ0n) is 9.86.